The van der Waals surface area contributed by atoms with Crippen molar-refractivity contribution in [2.45, 2.75) is 38.6 Å². The van der Waals surface area contributed by atoms with E-state index in [9.17, 15) is 4.39 Å². The number of halogens is 1. The van der Waals surface area contributed by atoms with E-state index in [1.165, 1.54) is 6.07 Å². The molecule has 0 saturated carbocycles. The van der Waals surface area contributed by atoms with Gasteiger partial charge in [-0.25, -0.2) is 14.4 Å². The van der Waals surface area contributed by atoms with Crippen LogP contribution in [0.5, 0.6) is 5.75 Å². The summed E-state index contributed by atoms with van der Waals surface area (Å²) in [6.07, 6.45) is 4.02. The Bertz CT molecular complexity index is 1100. The lowest BCUT2D eigenvalue weighted by Crippen LogP contribution is -2.38. The van der Waals surface area contributed by atoms with Crippen molar-refractivity contribution in [3.05, 3.63) is 35.2 Å². The zero-order valence-electron chi connectivity index (χ0n) is 18.7. The number of hydrogen-bond donors (Lipinski definition) is 2. The van der Waals surface area contributed by atoms with Crippen molar-refractivity contribution in [2.75, 3.05) is 36.5 Å². The zero-order chi connectivity index (χ0) is 22.2. The van der Waals surface area contributed by atoms with Gasteiger partial charge in [0, 0.05) is 30.0 Å². The molecule has 2 aliphatic heterocycles. The third kappa shape index (κ3) is 3.95. The summed E-state index contributed by atoms with van der Waals surface area (Å²) in [5, 5.41) is 9.71. The molecule has 0 radical (unpaired) electrons. The van der Waals surface area contributed by atoms with E-state index in [0.717, 1.165) is 60.2 Å². The molecule has 0 spiro atoms. The van der Waals surface area contributed by atoms with Crippen LogP contribution >= 0.6 is 11.3 Å². The molecule has 1 aromatic carbocycles. The first kappa shape index (κ1) is 21.2. The van der Waals surface area contributed by atoms with Crippen LogP contribution in [0, 0.1) is 5.82 Å². The van der Waals surface area contributed by atoms with Crippen LogP contribution in [0.4, 0.5) is 21.2 Å². The number of benzene rings is 1. The van der Waals surface area contributed by atoms with Gasteiger partial charge in [-0.15, -0.1) is 11.3 Å². The first-order chi connectivity index (χ1) is 15.5. The summed E-state index contributed by atoms with van der Waals surface area (Å²) in [6.45, 7) is 7.55. The van der Waals surface area contributed by atoms with Crippen LogP contribution in [0.1, 0.15) is 38.3 Å². The van der Waals surface area contributed by atoms with E-state index in [-0.39, 0.29) is 11.9 Å². The quantitative estimate of drug-likeness (QED) is 0.589. The van der Waals surface area contributed by atoms with Gasteiger partial charge in [0.15, 0.2) is 16.7 Å². The topological polar surface area (TPSA) is 67.2 Å². The molecule has 3 aromatic rings. The van der Waals surface area contributed by atoms with E-state index in [2.05, 4.69) is 39.7 Å². The van der Waals surface area contributed by atoms with Crippen LogP contribution in [0.15, 0.2) is 23.7 Å². The molecule has 0 bridgehead atoms. The Hall–Kier alpha value is -2.65. The highest BCUT2D eigenvalue weighted by Crippen LogP contribution is 2.39. The van der Waals surface area contributed by atoms with Crippen molar-refractivity contribution in [3.63, 3.8) is 0 Å². The summed E-state index contributed by atoms with van der Waals surface area (Å²) < 4.78 is 22.5. The molecule has 0 atom stereocenters. The molecule has 32 heavy (non-hydrogen) atoms. The number of aromatic nitrogens is 3. The first-order valence-corrected chi connectivity index (χ1v) is 12.1. The number of anilines is 3. The molecule has 4 heterocycles. The Morgan fingerprint density at radius 3 is 2.88 bits per heavy atom. The van der Waals surface area contributed by atoms with Gasteiger partial charge < -0.3 is 24.8 Å². The number of nitrogens with one attached hydrogen (secondary N) is 2. The molecular weight excluding hydrogens is 427 g/mol. The Morgan fingerprint density at radius 1 is 1.28 bits per heavy atom. The standard InChI is InChI=1S/C23H29FN6OS/c1-14(2)30-8-9-31-21-17(24)10-16(11-19(21)30)20-12-26-22(29(20)3)28-23-27-18(13-32-23)15-4-6-25-7-5-15/h10-15,25H,4-9H2,1-3H3,(H,26,27,28). The molecular formula is C23H29FN6OS. The van der Waals surface area contributed by atoms with Crippen LogP contribution in [0.2, 0.25) is 0 Å². The number of thiazole rings is 1. The van der Waals surface area contributed by atoms with Crippen molar-refractivity contribution >= 4 is 28.1 Å². The van der Waals surface area contributed by atoms with Crippen LogP contribution in [-0.2, 0) is 7.05 Å². The summed E-state index contributed by atoms with van der Waals surface area (Å²) in [5.74, 6) is 1.19. The third-order valence-electron chi connectivity index (χ3n) is 6.32. The highest BCUT2D eigenvalue weighted by atomic mass is 32.1. The number of nitrogens with zero attached hydrogens (tertiary/aromatic N) is 4. The summed E-state index contributed by atoms with van der Waals surface area (Å²) in [4.78, 5) is 11.5. The van der Waals surface area contributed by atoms with Crippen LogP contribution in [0.25, 0.3) is 11.3 Å². The average molecular weight is 457 g/mol. The number of rotatable bonds is 5. The summed E-state index contributed by atoms with van der Waals surface area (Å²) >= 11 is 1.60. The van der Waals surface area contributed by atoms with Gasteiger partial charge in [-0.05, 0) is 51.9 Å². The molecule has 5 rings (SSSR count). The number of imidazole rings is 1. The third-order valence-corrected chi connectivity index (χ3v) is 7.09. The van der Waals surface area contributed by atoms with Crippen molar-refractivity contribution < 1.29 is 9.13 Å². The lowest BCUT2D eigenvalue weighted by atomic mass is 9.96. The number of hydrogen-bond acceptors (Lipinski definition) is 7. The van der Waals surface area contributed by atoms with E-state index in [1.807, 2.05) is 17.7 Å². The predicted octanol–water partition coefficient (Wildman–Crippen LogP) is 4.50. The van der Waals surface area contributed by atoms with Crippen LogP contribution < -0.4 is 20.3 Å². The van der Waals surface area contributed by atoms with Gasteiger partial charge in [0.1, 0.15) is 6.61 Å². The maximum Gasteiger partial charge on any atom is 0.209 e. The van der Waals surface area contributed by atoms with Crippen molar-refractivity contribution in [2.24, 2.45) is 7.05 Å². The van der Waals surface area contributed by atoms with Gasteiger partial charge in [0.25, 0.3) is 0 Å². The fourth-order valence-corrected chi connectivity index (χ4v) is 5.31. The highest BCUT2D eigenvalue weighted by Gasteiger charge is 2.25. The molecule has 0 unspecified atom stereocenters. The second kappa shape index (κ2) is 8.71. The van der Waals surface area contributed by atoms with Crippen molar-refractivity contribution in [1.82, 2.24) is 19.9 Å². The Labute approximate surface area is 191 Å². The number of fused-ring (bicyclic) bond motifs is 1. The highest BCUT2D eigenvalue weighted by molar-refractivity contribution is 7.13. The molecule has 2 aromatic heterocycles. The monoisotopic (exact) mass is 456 g/mol. The fourth-order valence-electron chi connectivity index (χ4n) is 4.52. The molecule has 0 aliphatic carbocycles. The second-order valence-electron chi connectivity index (χ2n) is 8.69. The maximum atomic E-state index is 14.9. The smallest absolute Gasteiger partial charge is 0.209 e. The SMILES string of the molecule is CC(C)N1CCOc2c(F)cc(-c3cnc(Nc4nc(C5CCNCC5)cs4)n3C)cc21. The Kier molecular flexibility index (Phi) is 5.77. The summed E-state index contributed by atoms with van der Waals surface area (Å²) in [5.41, 5.74) is 3.55. The van der Waals surface area contributed by atoms with Crippen LogP contribution in [0.3, 0.4) is 0 Å². The van der Waals surface area contributed by atoms with Gasteiger partial charge in [-0.3, -0.25) is 0 Å². The van der Waals surface area contributed by atoms with Gasteiger partial charge in [0.2, 0.25) is 5.95 Å². The van der Waals surface area contributed by atoms with E-state index in [0.29, 0.717) is 24.2 Å². The Balaban J connectivity index is 1.40. The van der Waals surface area contributed by atoms with E-state index in [4.69, 9.17) is 9.72 Å². The van der Waals surface area contributed by atoms with Crippen molar-refractivity contribution in [1.29, 1.82) is 0 Å². The number of ether oxygens (including phenoxy) is 1. The normalized spacial score (nSPS) is 16.8. The number of piperidine rings is 1. The van der Waals surface area contributed by atoms with E-state index >= 15 is 0 Å². The van der Waals surface area contributed by atoms with E-state index < -0.39 is 0 Å². The summed E-state index contributed by atoms with van der Waals surface area (Å²) in [6, 6.07) is 3.79. The van der Waals surface area contributed by atoms with Crippen molar-refractivity contribution in [3.8, 4) is 17.0 Å². The summed E-state index contributed by atoms with van der Waals surface area (Å²) in [7, 11) is 1.93. The van der Waals surface area contributed by atoms with Gasteiger partial charge in [-0.2, -0.15) is 0 Å². The minimum atomic E-state index is -0.343. The maximum absolute atomic E-state index is 14.9. The molecule has 170 valence electrons. The second-order valence-corrected chi connectivity index (χ2v) is 9.55. The minimum absolute atomic E-state index is 0.259. The molecule has 7 nitrogen and oxygen atoms in total. The molecule has 0 amide bonds. The minimum Gasteiger partial charge on any atom is -0.486 e. The zero-order valence-corrected chi connectivity index (χ0v) is 19.5. The lowest BCUT2D eigenvalue weighted by molar-refractivity contribution is 0.287. The fraction of sp³-hybridized carbons (Fsp3) is 0.478. The van der Waals surface area contributed by atoms with Gasteiger partial charge in [-0.1, -0.05) is 0 Å². The van der Waals surface area contributed by atoms with Gasteiger partial charge >= 0.3 is 0 Å². The first-order valence-electron chi connectivity index (χ1n) is 11.2. The molecule has 1 saturated heterocycles. The average Bonchev–Trinajstić information content (AvgIpc) is 3.41. The molecule has 2 N–H and O–H groups in total. The van der Waals surface area contributed by atoms with Gasteiger partial charge in [0.05, 0.1) is 29.8 Å². The largest absolute Gasteiger partial charge is 0.486 e. The predicted molar refractivity (Wildman–Crippen MR) is 127 cm³/mol. The van der Waals surface area contributed by atoms with Crippen LogP contribution in [-0.4, -0.2) is 46.8 Å². The lowest BCUT2D eigenvalue weighted by Gasteiger charge is -2.34. The van der Waals surface area contributed by atoms with E-state index in [1.54, 1.807) is 17.5 Å². The molecule has 9 heteroatoms. The molecule has 2 aliphatic rings. The molecule has 1 fully saturated rings. The Morgan fingerprint density at radius 2 is 2.09 bits per heavy atom.